The van der Waals surface area contributed by atoms with Gasteiger partial charge in [0.15, 0.2) is 34.9 Å². The Kier molecular flexibility index (Phi) is 8.75. The minimum absolute atomic E-state index is 0.117. The average molecular weight is 750 g/mol. The summed E-state index contributed by atoms with van der Waals surface area (Å²) < 4.78 is 2.27. The molecule has 8 heteroatoms. The lowest BCUT2D eigenvalue weighted by atomic mass is 9.90. The van der Waals surface area contributed by atoms with E-state index in [9.17, 15) is 5.26 Å². The highest BCUT2D eigenvalue weighted by atomic mass is 32.1. The normalized spacial score (nSPS) is 13.7. The highest BCUT2D eigenvalue weighted by Gasteiger charge is 2.19. The maximum Gasteiger partial charge on any atom is 0.164 e. The van der Waals surface area contributed by atoms with E-state index in [1.165, 1.54) is 0 Å². The smallest absolute Gasteiger partial charge is 0.164 e. The first-order valence-electron chi connectivity index (χ1n) is 18.7. The fraction of sp³-hybridized carbons (Fsp3) is 0.0408. The molecule has 0 radical (unpaired) electrons. The van der Waals surface area contributed by atoms with Crippen molar-refractivity contribution in [2.45, 2.75) is 6.42 Å². The Balaban J connectivity index is 1.11. The number of nitriles is 1. The summed E-state index contributed by atoms with van der Waals surface area (Å²) in [6.45, 7) is 0. The Morgan fingerprint density at radius 2 is 0.965 bits per heavy atom. The molecule has 1 aliphatic rings. The number of hydrogen-bond donors (Lipinski definition) is 0. The molecular formula is C49H31N7S. The molecule has 57 heavy (non-hydrogen) atoms. The van der Waals surface area contributed by atoms with Crippen LogP contribution in [0.1, 0.15) is 12.0 Å². The lowest BCUT2D eigenvalue weighted by Crippen LogP contribution is -2.01. The van der Waals surface area contributed by atoms with Crippen molar-refractivity contribution in [3.63, 3.8) is 0 Å². The van der Waals surface area contributed by atoms with Gasteiger partial charge in [0.05, 0.1) is 12.0 Å². The summed E-state index contributed by atoms with van der Waals surface area (Å²) in [6.07, 6.45) is 6.69. The summed E-state index contributed by atoms with van der Waals surface area (Å²) in [5.74, 6) is 3.49. The predicted octanol–water partition coefficient (Wildman–Crippen LogP) is 11.9. The van der Waals surface area contributed by atoms with Crippen LogP contribution >= 0.6 is 11.3 Å². The van der Waals surface area contributed by atoms with E-state index in [2.05, 4.69) is 60.7 Å². The maximum absolute atomic E-state index is 9.49. The van der Waals surface area contributed by atoms with Crippen LogP contribution in [0.25, 0.3) is 94.1 Å². The van der Waals surface area contributed by atoms with E-state index < -0.39 is 0 Å². The summed E-state index contributed by atoms with van der Waals surface area (Å²) in [6, 6.07) is 53.5. The molecule has 0 saturated carbocycles. The van der Waals surface area contributed by atoms with Gasteiger partial charge in [-0.3, -0.25) is 0 Å². The van der Waals surface area contributed by atoms with E-state index >= 15 is 0 Å². The van der Waals surface area contributed by atoms with Crippen molar-refractivity contribution in [1.29, 1.82) is 5.26 Å². The van der Waals surface area contributed by atoms with E-state index in [1.54, 1.807) is 11.3 Å². The second-order valence-corrected chi connectivity index (χ2v) is 14.9. The van der Waals surface area contributed by atoms with Crippen molar-refractivity contribution in [3.8, 4) is 74.4 Å². The number of benzene rings is 6. The first-order chi connectivity index (χ1) is 28.2. The van der Waals surface area contributed by atoms with Gasteiger partial charge in [-0.1, -0.05) is 146 Å². The van der Waals surface area contributed by atoms with Gasteiger partial charge in [0.2, 0.25) is 0 Å². The van der Waals surface area contributed by atoms with Gasteiger partial charge in [0.25, 0.3) is 0 Å². The van der Waals surface area contributed by atoms with Gasteiger partial charge < -0.3 is 0 Å². The molecule has 268 valence electrons. The van der Waals surface area contributed by atoms with Gasteiger partial charge in [0, 0.05) is 53.6 Å². The van der Waals surface area contributed by atoms with Gasteiger partial charge in [0.1, 0.15) is 0 Å². The van der Waals surface area contributed by atoms with Crippen LogP contribution in [0.3, 0.4) is 0 Å². The largest absolute Gasteiger partial charge is 0.208 e. The van der Waals surface area contributed by atoms with Gasteiger partial charge in [-0.2, -0.15) is 5.26 Å². The summed E-state index contributed by atoms with van der Waals surface area (Å²) in [7, 11) is 0. The molecule has 0 saturated heterocycles. The fourth-order valence-corrected chi connectivity index (χ4v) is 8.36. The number of rotatable bonds is 7. The number of thiophene rings is 1. The zero-order valence-corrected chi connectivity index (χ0v) is 31.3. The van der Waals surface area contributed by atoms with Crippen molar-refractivity contribution in [2.75, 3.05) is 0 Å². The zero-order chi connectivity index (χ0) is 38.1. The summed E-state index contributed by atoms with van der Waals surface area (Å²) in [5, 5.41) is 11.6. The summed E-state index contributed by atoms with van der Waals surface area (Å²) in [4.78, 5) is 30.2. The van der Waals surface area contributed by atoms with Crippen molar-refractivity contribution < 1.29 is 0 Å². The molecule has 0 fully saturated rings. The molecule has 0 bridgehead atoms. The molecule has 0 spiro atoms. The lowest BCUT2D eigenvalue weighted by Gasteiger charge is -2.14. The molecule has 0 aliphatic heterocycles. The van der Waals surface area contributed by atoms with Crippen LogP contribution in [0.15, 0.2) is 170 Å². The zero-order valence-electron chi connectivity index (χ0n) is 30.5. The second-order valence-electron chi connectivity index (χ2n) is 13.8. The third-order valence-electron chi connectivity index (χ3n) is 10.1. The number of fused-ring (bicyclic) bond motifs is 3. The standard InChI is InChI=1S/C49H31N7S/c50-30-31-12-10-19-37(28-31)32-22-24-36(25-23-32)47-51-44(33-13-4-1-5-14-33)53-48(54-47)38-26-27-41-40(29-38)43-39(20-11-21-42(43)57-41)49-55-45(34-15-6-2-7-16-34)52-46(56-49)35-17-8-3-9-18-35/h1-27,29,31H,28H2. The van der Waals surface area contributed by atoms with Crippen LogP contribution in [0.4, 0.5) is 0 Å². The van der Waals surface area contributed by atoms with E-state index in [-0.39, 0.29) is 5.92 Å². The Labute approximate surface area is 333 Å². The van der Waals surface area contributed by atoms with Crippen LogP contribution in [0, 0.1) is 17.2 Å². The Bertz CT molecular complexity index is 2980. The molecule has 6 aromatic carbocycles. The highest BCUT2D eigenvalue weighted by molar-refractivity contribution is 7.26. The molecule has 9 aromatic rings. The monoisotopic (exact) mass is 749 g/mol. The predicted molar refractivity (Wildman–Crippen MR) is 230 cm³/mol. The lowest BCUT2D eigenvalue weighted by molar-refractivity contribution is 0.852. The fourth-order valence-electron chi connectivity index (χ4n) is 7.25. The number of nitrogens with zero attached hydrogens (tertiary/aromatic N) is 7. The molecule has 1 atom stereocenters. The molecule has 0 amide bonds. The molecule has 1 unspecified atom stereocenters. The van der Waals surface area contributed by atoms with Gasteiger partial charge >= 0.3 is 0 Å². The van der Waals surface area contributed by atoms with Crippen LogP contribution < -0.4 is 0 Å². The second kappa shape index (κ2) is 14.6. The van der Waals surface area contributed by atoms with Crippen LogP contribution in [-0.2, 0) is 0 Å². The summed E-state index contributed by atoms with van der Waals surface area (Å²) >= 11 is 1.74. The quantitative estimate of drug-likeness (QED) is 0.160. The Morgan fingerprint density at radius 1 is 0.474 bits per heavy atom. The topological polar surface area (TPSA) is 101 Å². The van der Waals surface area contributed by atoms with E-state index in [0.29, 0.717) is 41.4 Å². The molecule has 10 rings (SSSR count). The number of hydrogen-bond acceptors (Lipinski definition) is 8. The van der Waals surface area contributed by atoms with Crippen molar-refractivity contribution >= 4 is 37.1 Å². The Morgan fingerprint density at radius 3 is 1.53 bits per heavy atom. The van der Waals surface area contributed by atoms with Crippen molar-refractivity contribution in [1.82, 2.24) is 29.9 Å². The first-order valence-corrected chi connectivity index (χ1v) is 19.5. The van der Waals surface area contributed by atoms with Crippen molar-refractivity contribution in [2.24, 2.45) is 5.92 Å². The van der Waals surface area contributed by atoms with E-state index in [1.807, 2.05) is 115 Å². The molecule has 0 N–H and O–H groups in total. The molecule has 3 heterocycles. The van der Waals surface area contributed by atoms with Gasteiger partial charge in [-0.25, -0.2) is 29.9 Å². The van der Waals surface area contributed by atoms with Gasteiger partial charge in [-0.15, -0.1) is 11.3 Å². The number of aromatic nitrogens is 6. The molecule has 1 aliphatic carbocycles. The summed E-state index contributed by atoms with van der Waals surface area (Å²) in [5.41, 5.74) is 7.66. The SMILES string of the molecule is N#CC1C=CC=C(c2ccc(-c3nc(-c4ccccc4)nc(-c4ccc5sc6cccc(-c7nc(-c8ccccc8)nc(-c8ccccc8)n7)c6c5c4)n3)cc2)C1. The van der Waals surface area contributed by atoms with E-state index in [4.69, 9.17) is 29.9 Å². The van der Waals surface area contributed by atoms with Crippen LogP contribution in [0.2, 0.25) is 0 Å². The third kappa shape index (κ3) is 6.67. The first kappa shape index (κ1) is 34.1. The molecule has 3 aromatic heterocycles. The Hall–Kier alpha value is -7.47. The molecule has 7 nitrogen and oxygen atoms in total. The third-order valence-corrected chi connectivity index (χ3v) is 11.3. The van der Waals surface area contributed by atoms with E-state index in [0.717, 1.165) is 64.7 Å². The minimum atomic E-state index is -0.117. The van der Waals surface area contributed by atoms with Crippen LogP contribution in [-0.4, -0.2) is 29.9 Å². The van der Waals surface area contributed by atoms with Gasteiger partial charge in [-0.05, 0) is 41.8 Å². The minimum Gasteiger partial charge on any atom is -0.208 e. The molecular weight excluding hydrogens is 719 g/mol. The maximum atomic E-state index is 9.49. The van der Waals surface area contributed by atoms with Crippen molar-refractivity contribution in [3.05, 3.63) is 175 Å². The highest BCUT2D eigenvalue weighted by Crippen LogP contribution is 2.41. The average Bonchev–Trinajstić information content (AvgIpc) is 3.68. The van der Waals surface area contributed by atoms with Crippen LogP contribution in [0.5, 0.6) is 0 Å². The number of allylic oxidation sites excluding steroid dienone is 4.